The molecule has 1 aliphatic heterocycles. The van der Waals surface area contributed by atoms with Crippen molar-refractivity contribution >= 4 is 21.9 Å². The third-order valence-corrected chi connectivity index (χ3v) is 6.62. The molecular formula is C26H28N8. The molecule has 3 N–H and O–H groups in total. The summed E-state index contributed by atoms with van der Waals surface area (Å²) in [5, 5.41) is 12.3. The van der Waals surface area contributed by atoms with E-state index >= 15 is 0 Å². The number of hydrogen-bond acceptors (Lipinski definition) is 6. The highest BCUT2D eigenvalue weighted by Crippen LogP contribution is 2.33. The largest absolute Gasteiger partial charge is 0.335 e. The quantitative estimate of drug-likeness (QED) is 0.372. The Morgan fingerprint density at radius 3 is 2.65 bits per heavy atom. The number of imidazole rings is 1. The standard InChI is InChI=1S/C26H28N8/c1-34(2)15-16-9-19(12-28-11-16)18-3-4-22-20(10-18)25(33-32-22)26-30-23-14-29-13-21(24(23)31-26)17-5-7-27-8-6-17/h3-4,9-14,17,27H,5-8,15H2,1-2H3,(H,30,31)(H,32,33). The molecule has 0 unspecified atom stereocenters. The fourth-order valence-electron chi connectivity index (χ4n) is 4.97. The molecule has 0 atom stereocenters. The van der Waals surface area contributed by atoms with Crippen LogP contribution in [0.3, 0.4) is 0 Å². The van der Waals surface area contributed by atoms with Crippen LogP contribution < -0.4 is 5.32 Å². The molecule has 172 valence electrons. The molecular weight excluding hydrogens is 424 g/mol. The van der Waals surface area contributed by atoms with E-state index in [1.165, 1.54) is 11.1 Å². The first-order valence-corrected chi connectivity index (χ1v) is 11.8. The molecule has 4 aromatic heterocycles. The number of pyridine rings is 2. The molecule has 5 heterocycles. The fourth-order valence-corrected chi connectivity index (χ4v) is 4.97. The number of hydrogen-bond donors (Lipinski definition) is 3. The summed E-state index contributed by atoms with van der Waals surface area (Å²) >= 11 is 0. The molecule has 0 radical (unpaired) electrons. The van der Waals surface area contributed by atoms with Crippen molar-refractivity contribution in [1.82, 2.24) is 40.3 Å². The summed E-state index contributed by atoms with van der Waals surface area (Å²) in [7, 11) is 4.13. The Morgan fingerprint density at radius 1 is 0.941 bits per heavy atom. The van der Waals surface area contributed by atoms with Crippen molar-refractivity contribution in [3.63, 3.8) is 0 Å². The van der Waals surface area contributed by atoms with Crippen molar-refractivity contribution < 1.29 is 0 Å². The van der Waals surface area contributed by atoms with Crippen LogP contribution in [0.15, 0.2) is 49.1 Å². The molecule has 0 amide bonds. The highest BCUT2D eigenvalue weighted by atomic mass is 15.1. The summed E-state index contributed by atoms with van der Waals surface area (Å²) in [6.45, 7) is 2.93. The number of rotatable bonds is 5. The Bertz CT molecular complexity index is 1460. The lowest BCUT2D eigenvalue weighted by Gasteiger charge is -2.22. The Kier molecular flexibility index (Phi) is 5.31. The van der Waals surface area contributed by atoms with E-state index in [1.54, 1.807) is 0 Å². The van der Waals surface area contributed by atoms with E-state index in [9.17, 15) is 0 Å². The highest BCUT2D eigenvalue weighted by molar-refractivity contribution is 5.95. The van der Waals surface area contributed by atoms with Crippen molar-refractivity contribution in [1.29, 1.82) is 0 Å². The predicted molar refractivity (Wildman–Crippen MR) is 134 cm³/mol. The van der Waals surface area contributed by atoms with Crippen molar-refractivity contribution in [2.45, 2.75) is 25.3 Å². The summed E-state index contributed by atoms with van der Waals surface area (Å²) in [5.41, 5.74) is 8.38. The van der Waals surface area contributed by atoms with Crippen LogP contribution in [0.1, 0.15) is 29.9 Å². The minimum Gasteiger partial charge on any atom is -0.335 e. The molecule has 1 fully saturated rings. The van der Waals surface area contributed by atoms with Crippen LogP contribution in [-0.2, 0) is 6.54 Å². The molecule has 0 aliphatic carbocycles. The molecule has 5 aromatic rings. The van der Waals surface area contributed by atoms with Crippen molar-refractivity contribution in [3.8, 4) is 22.6 Å². The predicted octanol–water partition coefficient (Wildman–Crippen LogP) is 4.09. The number of nitrogens with one attached hydrogen (secondary N) is 3. The fraction of sp³-hybridized carbons (Fsp3) is 0.308. The van der Waals surface area contributed by atoms with Gasteiger partial charge in [-0.3, -0.25) is 15.1 Å². The molecule has 6 rings (SSSR count). The van der Waals surface area contributed by atoms with E-state index in [4.69, 9.17) is 4.98 Å². The van der Waals surface area contributed by atoms with Gasteiger partial charge in [0.15, 0.2) is 5.82 Å². The monoisotopic (exact) mass is 452 g/mol. The second kappa shape index (κ2) is 8.62. The van der Waals surface area contributed by atoms with E-state index in [-0.39, 0.29) is 0 Å². The third kappa shape index (κ3) is 3.85. The lowest BCUT2D eigenvalue weighted by atomic mass is 9.91. The van der Waals surface area contributed by atoms with E-state index < -0.39 is 0 Å². The summed E-state index contributed by atoms with van der Waals surface area (Å²) in [5.74, 6) is 1.25. The number of piperidine rings is 1. The van der Waals surface area contributed by atoms with Gasteiger partial charge in [0.25, 0.3) is 0 Å². The molecule has 0 saturated carbocycles. The SMILES string of the molecule is CN(C)Cc1cncc(-c2ccc3[nH]nc(-c4nc5c(C6CCNCC6)cncc5[nH]4)c3c2)c1. The summed E-state index contributed by atoms with van der Waals surface area (Å²) in [6, 6.07) is 8.55. The zero-order valence-corrected chi connectivity index (χ0v) is 19.5. The van der Waals surface area contributed by atoms with Gasteiger partial charge in [0.05, 0.1) is 22.7 Å². The average molecular weight is 453 g/mol. The number of benzene rings is 1. The molecule has 1 aromatic carbocycles. The van der Waals surface area contributed by atoms with E-state index in [1.807, 2.05) is 24.8 Å². The Balaban J connectivity index is 1.41. The molecule has 0 bridgehead atoms. The lowest BCUT2D eigenvalue weighted by Crippen LogP contribution is -2.26. The van der Waals surface area contributed by atoms with Crippen LogP contribution in [0.2, 0.25) is 0 Å². The van der Waals surface area contributed by atoms with Crippen LogP contribution >= 0.6 is 0 Å². The normalized spacial score (nSPS) is 15.0. The smallest absolute Gasteiger partial charge is 0.159 e. The van der Waals surface area contributed by atoms with Gasteiger partial charge in [-0.05, 0) is 75.3 Å². The number of nitrogens with zero attached hydrogens (tertiary/aromatic N) is 5. The van der Waals surface area contributed by atoms with Gasteiger partial charge in [-0.15, -0.1) is 0 Å². The first kappa shape index (κ1) is 20.9. The molecule has 34 heavy (non-hydrogen) atoms. The van der Waals surface area contributed by atoms with Crippen LogP contribution in [0, 0.1) is 0 Å². The van der Waals surface area contributed by atoms with Crippen LogP contribution in [-0.4, -0.2) is 62.2 Å². The summed E-state index contributed by atoms with van der Waals surface area (Å²) in [6.07, 6.45) is 9.90. The van der Waals surface area contributed by atoms with E-state index in [0.29, 0.717) is 5.92 Å². The van der Waals surface area contributed by atoms with Gasteiger partial charge < -0.3 is 15.2 Å². The third-order valence-electron chi connectivity index (χ3n) is 6.62. The molecule has 1 aliphatic rings. The van der Waals surface area contributed by atoms with E-state index in [0.717, 1.165) is 77.1 Å². The zero-order valence-electron chi connectivity index (χ0n) is 19.5. The molecule has 8 heteroatoms. The second-order valence-corrected chi connectivity index (χ2v) is 9.39. The van der Waals surface area contributed by atoms with Crippen LogP contribution in [0.5, 0.6) is 0 Å². The Morgan fingerprint density at radius 2 is 1.79 bits per heavy atom. The van der Waals surface area contributed by atoms with Gasteiger partial charge in [0.2, 0.25) is 0 Å². The van der Waals surface area contributed by atoms with E-state index in [2.05, 4.69) is 73.7 Å². The van der Waals surface area contributed by atoms with Gasteiger partial charge in [0, 0.05) is 41.6 Å². The molecule has 1 saturated heterocycles. The number of fused-ring (bicyclic) bond motifs is 2. The van der Waals surface area contributed by atoms with Gasteiger partial charge >= 0.3 is 0 Å². The lowest BCUT2D eigenvalue weighted by molar-refractivity contribution is 0.402. The number of aromatic amines is 2. The number of aromatic nitrogens is 6. The maximum Gasteiger partial charge on any atom is 0.159 e. The summed E-state index contributed by atoms with van der Waals surface area (Å²) in [4.78, 5) is 19.6. The van der Waals surface area contributed by atoms with Gasteiger partial charge in [-0.2, -0.15) is 5.10 Å². The van der Waals surface area contributed by atoms with Crippen LogP contribution in [0.4, 0.5) is 0 Å². The maximum atomic E-state index is 5.01. The topological polar surface area (TPSA) is 98.4 Å². The molecule has 0 spiro atoms. The summed E-state index contributed by atoms with van der Waals surface area (Å²) < 4.78 is 0. The van der Waals surface area contributed by atoms with Gasteiger partial charge in [-0.25, -0.2) is 4.98 Å². The van der Waals surface area contributed by atoms with Gasteiger partial charge in [0.1, 0.15) is 5.69 Å². The van der Waals surface area contributed by atoms with Crippen molar-refractivity contribution in [3.05, 3.63) is 60.2 Å². The van der Waals surface area contributed by atoms with Crippen LogP contribution in [0.25, 0.3) is 44.6 Å². The Hall–Kier alpha value is -3.62. The molecule has 8 nitrogen and oxygen atoms in total. The number of H-pyrrole nitrogens is 2. The van der Waals surface area contributed by atoms with Crippen molar-refractivity contribution in [2.75, 3.05) is 27.2 Å². The zero-order chi connectivity index (χ0) is 23.1. The minimum absolute atomic E-state index is 0.484. The minimum atomic E-state index is 0.484. The maximum absolute atomic E-state index is 5.01. The highest BCUT2D eigenvalue weighted by Gasteiger charge is 2.21. The van der Waals surface area contributed by atoms with Gasteiger partial charge in [-0.1, -0.05) is 6.07 Å². The average Bonchev–Trinajstić information content (AvgIpc) is 3.48. The Labute approximate surface area is 197 Å². The second-order valence-electron chi connectivity index (χ2n) is 9.39. The first-order chi connectivity index (χ1) is 16.7. The first-order valence-electron chi connectivity index (χ1n) is 11.8. The van der Waals surface area contributed by atoms with Crippen molar-refractivity contribution in [2.24, 2.45) is 0 Å².